The Morgan fingerprint density at radius 1 is 1.21 bits per heavy atom. The van der Waals surface area contributed by atoms with Crippen LogP contribution in [-0.2, 0) is 20.9 Å². The quantitative estimate of drug-likeness (QED) is 0.761. The van der Waals surface area contributed by atoms with Crippen LogP contribution in [0.15, 0.2) is 30.5 Å². The smallest absolute Gasteiger partial charge is 0.251 e. The second-order valence-electron chi connectivity index (χ2n) is 7.23. The average molecular weight is 422 g/mol. The standard InChI is InChI=1S/C20H18ClF2N3O3/c1-11-4-14(21)6-24-19(11)26-8-17(27)25(18(20(26)28)13-9-29-10-13)7-12-2-3-15(22)16(23)5-12/h2-6,13,18H,7-10H2,1H3. The molecule has 0 radical (unpaired) electrons. The van der Waals surface area contributed by atoms with Crippen LogP contribution in [0.3, 0.4) is 0 Å². The van der Waals surface area contributed by atoms with Gasteiger partial charge in [-0.25, -0.2) is 13.8 Å². The molecule has 2 aliphatic rings. The number of amides is 2. The molecule has 4 rings (SSSR count). The molecule has 1 unspecified atom stereocenters. The molecule has 2 aromatic rings. The highest BCUT2D eigenvalue weighted by Crippen LogP contribution is 2.31. The normalized spacial score (nSPS) is 20.2. The minimum Gasteiger partial charge on any atom is -0.380 e. The number of carbonyl (C=O) groups excluding carboxylic acids is 2. The molecule has 29 heavy (non-hydrogen) atoms. The zero-order valence-electron chi connectivity index (χ0n) is 15.6. The minimum atomic E-state index is -0.996. The van der Waals surface area contributed by atoms with Gasteiger partial charge in [0.15, 0.2) is 11.6 Å². The lowest BCUT2D eigenvalue weighted by Gasteiger charge is -2.45. The average Bonchev–Trinajstić information content (AvgIpc) is 2.62. The van der Waals surface area contributed by atoms with Crippen molar-refractivity contribution in [2.45, 2.75) is 19.5 Å². The van der Waals surface area contributed by atoms with Gasteiger partial charge in [0, 0.05) is 18.7 Å². The summed E-state index contributed by atoms with van der Waals surface area (Å²) in [5.41, 5.74) is 1.08. The van der Waals surface area contributed by atoms with E-state index in [9.17, 15) is 18.4 Å². The molecule has 1 aromatic carbocycles. The lowest BCUT2D eigenvalue weighted by Crippen LogP contribution is -2.65. The Kier molecular flexibility index (Phi) is 5.23. The summed E-state index contributed by atoms with van der Waals surface area (Å²) in [7, 11) is 0. The Labute approximate surface area is 171 Å². The largest absolute Gasteiger partial charge is 0.380 e. The fourth-order valence-corrected chi connectivity index (χ4v) is 3.87. The Balaban J connectivity index is 1.66. The topological polar surface area (TPSA) is 62.7 Å². The Hall–Kier alpha value is -2.58. The SMILES string of the molecule is Cc1cc(Cl)cnc1N1CC(=O)N(Cc2ccc(F)c(F)c2)C(C2COC2)C1=O. The van der Waals surface area contributed by atoms with Crippen molar-refractivity contribution in [3.8, 4) is 0 Å². The number of piperazine rings is 1. The van der Waals surface area contributed by atoms with Crippen LogP contribution in [0.5, 0.6) is 0 Å². The lowest BCUT2D eigenvalue weighted by molar-refractivity contribution is -0.155. The van der Waals surface area contributed by atoms with Crippen molar-refractivity contribution in [2.75, 3.05) is 24.7 Å². The van der Waals surface area contributed by atoms with Gasteiger partial charge in [-0.15, -0.1) is 0 Å². The van der Waals surface area contributed by atoms with Crippen LogP contribution in [-0.4, -0.2) is 47.5 Å². The van der Waals surface area contributed by atoms with Crippen molar-refractivity contribution < 1.29 is 23.1 Å². The molecule has 0 N–H and O–H groups in total. The first-order chi connectivity index (χ1) is 13.8. The molecule has 2 aliphatic heterocycles. The van der Waals surface area contributed by atoms with E-state index >= 15 is 0 Å². The summed E-state index contributed by atoms with van der Waals surface area (Å²) in [6.45, 7) is 2.27. The van der Waals surface area contributed by atoms with Crippen LogP contribution in [0.25, 0.3) is 0 Å². The molecule has 0 spiro atoms. The highest BCUT2D eigenvalue weighted by atomic mass is 35.5. The molecule has 1 aromatic heterocycles. The fourth-order valence-electron chi connectivity index (χ4n) is 3.66. The third kappa shape index (κ3) is 3.70. The third-order valence-electron chi connectivity index (χ3n) is 5.19. The summed E-state index contributed by atoms with van der Waals surface area (Å²) in [4.78, 5) is 33.3. The molecule has 9 heteroatoms. The van der Waals surface area contributed by atoms with E-state index in [0.29, 0.717) is 35.2 Å². The third-order valence-corrected chi connectivity index (χ3v) is 5.40. The van der Waals surface area contributed by atoms with Crippen LogP contribution in [0, 0.1) is 24.5 Å². The number of benzene rings is 1. The number of nitrogens with zero attached hydrogens (tertiary/aromatic N) is 3. The number of hydrogen-bond acceptors (Lipinski definition) is 4. The molecular formula is C20H18ClF2N3O3. The van der Waals surface area contributed by atoms with E-state index < -0.39 is 17.7 Å². The van der Waals surface area contributed by atoms with Gasteiger partial charge in [0.05, 0.1) is 18.2 Å². The van der Waals surface area contributed by atoms with E-state index in [0.717, 1.165) is 12.1 Å². The van der Waals surface area contributed by atoms with Gasteiger partial charge in [-0.2, -0.15) is 0 Å². The van der Waals surface area contributed by atoms with E-state index in [1.165, 1.54) is 22.1 Å². The molecule has 0 saturated carbocycles. The van der Waals surface area contributed by atoms with Crippen LogP contribution in [0.2, 0.25) is 5.02 Å². The maximum absolute atomic E-state index is 13.6. The molecule has 152 valence electrons. The summed E-state index contributed by atoms with van der Waals surface area (Å²) >= 11 is 5.95. The maximum atomic E-state index is 13.6. The van der Waals surface area contributed by atoms with Gasteiger partial charge in [-0.1, -0.05) is 17.7 Å². The van der Waals surface area contributed by atoms with Gasteiger partial charge in [0.1, 0.15) is 18.4 Å². The Bertz CT molecular complexity index is 983. The van der Waals surface area contributed by atoms with Gasteiger partial charge in [-0.05, 0) is 36.2 Å². The predicted octanol–water partition coefficient (Wildman–Crippen LogP) is 2.71. The van der Waals surface area contributed by atoms with E-state index in [-0.39, 0.29) is 30.8 Å². The van der Waals surface area contributed by atoms with Gasteiger partial charge in [-0.3, -0.25) is 14.5 Å². The van der Waals surface area contributed by atoms with Gasteiger partial charge in [0.25, 0.3) is 5.91 Å². The number of ether oxygens (including phenoxy) is 1. The fraction of sp³-hybridized carbons (Fsp3) is 0.350. The zero-order chi connectivity index (χ0) is 20.7. The van der Waals surface area contributed by atoms with E-state index in [2.05, 4.69) is 4.98 Å². The number of anilines is 1. The molecule has 0 aliphatic carbocycles. The summed E-state index contributed by atoms with van der Waals surface area (Å²) in [6.07, 6.45) is 1.43. The predicted molar refractivity (Wildman–Crippen MR) is 101 cm³/mol. The van der Waals surface area contributed by atoms with Gasteiger partial charge in [0.2, 0.25) is 5.91 Å². The van der Waals surface area contributed by atoms with Crippen molar-refractivity contribution in [1.82, 2.24) is 9.88 Å². The van der Waals surface area contributed by atoms with Gasteiger partial charge >= 0.3 is 0 Å². The highest BCUT2D eigenvalue weighted by Gasteiger charge is 2.47. The number of carbonyl (C=O) groups is 2. The molecular weight excluding hydrogens is 404 g/mol. The summed E-state index contributed by atoms with van der Waals surface area (Å²) in [6, 6.07) is 4.36. The first kappa shape index (κ1) is 19.7. The van der Waals surface area contributed by atoms with Crippen molar-refractivity contribution in [1.29, 1.82) is 0 Å². The van der Waals surface area contributed by atoms with Crippen LogP contribution < -0.4 is 4.90 Å². The number of aryl methyl sites for hydroxylation is 1. The summed E-state index contributed by atoms with van der Waals surface area (Å²) < 4.78 is 32.1. The first-order valence-corrected chi connectivity index (χ1v) is 9.47. The monoisotopic (exact) mass is 421 g/mol. The summed E-state index contributed by atoms with van der Waals surface area (Å²) in [5.74, 6) is -2.34. The van der Waals surface area contributed by atoms with E-state index in [1.54, 1.807) is 13.0 Å². The molecule has 2 amide bonds. The molecule has 0 bridgehead atoms. The highest BCUT2D eigenvalue weighted by molar-refractivity contribution is 6.30. The number of rotatable bonds is 4. The second kappa shape index (κ2) is 7.68. The molecule has 6 nitrogen and oxygen atoms in total. The number of halogens is 3. The number of aromatic nitrogens is 1. The van der Waals surface area contributed by atoms with Crippen molar-refractivity contribution in [2.24, 2.45) is 5.92 Å². The van der Waals surface area contributed by atoms with E-state index in [4.69, 9.17) is 16.3 Å². The molecule has 2 fully saturated rings. The molecule has 2 saturated heterocycles. The molecule has 3 heterocycles. The summed E-state index contributed by atoms with van der Waals surface area (Å²) in [5, 5.41) is 0.436. The van der Waals surface area contributed by atoms with Crippen molar-refractivity contribution >= 4 is 29.2 Å². The van der Waals surface area contributed by atoms with E-state index in [1.807, 2.05) is 0 Å². The Morgan fingerprint density at radius 2 is 1.97 bits per heavy atom. The van der Waals surface area contributed by atoms with Gasteiger partial charge < -0.3 is 9.64 Å². The molecule has 1 atom stereocenters. The second-order valence-corrected chi connectivity index (χ2v) is 7.67. The van der Waals surface area contributed by atoms with Crippen LogP contribution in [0.4, 0.5) is 14.6 Å². The number of pyridine rings is 1. The number of hydrogen-bond donors (Lipinski definition) is 0. The van der Waals surface area contributed by atoms with Crippen molar-refractivity contribution in [3.63, 3.8) is 0 Å². The lowest BCUT2D eigenvalue weighted by atomic mass is 9.92. The van der Waals surface area contributed by atoms with Crippen molar-refractivity contribution in [3.05, 3.63) is 58.2 Å². The van der Waals surface area contributed by atoms with Crippen LogP contribution >= 0.6 is 11.6 Å². The first-order valence-electron chi connectivity index (χ1n) is 9.10. The van der Waals surface area contributed by atoms with Crippen LogP contribution in [0.1, 0.15) is 11.1 Å². The Morgan fingerprint density at radius 3 is 2.59 bits per heavy atom. The zero-order valence-corrected chi connectivity index (χ0v) is 16.3. The minimum absolute atomic E-state index is 0.00378. The maximum Gasteiger partial charge on any atom is 0.251 e.